The van der Waals surface area contributed by atoms with Crippen LogP contribution < -0.4 is 0 Å². The maximum atomic E-state index is 10.9. The van der Waals surface area contributed by atoms with E-state index < -0.39 is 0 Å². The third kappa shape index (κ3) is 1.47. The van der Waals surface area contributed by atoms with Crippen LogP contribution in [0.15, 0.2) is 18.7 Å². The molecule has 1 aliphatic rings. The first-order chi connectivity index (χ1) is 4.84. The van der Waals surface area contributed by atoms with Gasteiger partial charge in [0.2, 0.25) is 5.91 Å². The molecule has 1 aliphatic heterocycles. The topological polar surface area (TPSA) is 20.3 Å². The van der Waals surface area contributed by atoms with Crippen molar-refractivity contribution in [3.63, 3.8) is 0 Å². The van der Waals surface area contributed by atoms with Crippen molar-refractivity contribution in [1.29, 1.82) is 0 Å². The molecule has 53 valence electrons. The molecule has 1 amide bonds. The number of amides is 1. The van der Waals surface area contributed by atoms with Crippen molar-refractivity contribution in [3.05, 3.63) is 24.8 Å². The third-order valence-corrected chi connectivity index (χ3v) is 1.46. The van der Waals surface area contributed by atoms with Gasteiger partial charge in [0.1, 0.15) is 0 Å². The molecule has 1 rings (SSSR count). The summed E-state index contributed by atoms with van der Waals surface area (Å²) in [5.41, 5.74) is 0. The normalized spacial score (nSPS) is 17.0. The van der Waals surface area contributed by atoms with E-state index in [0.29, 0.717) is 6.54 Å². The Morgan fingerprint density at radius 2 is 2.60 bits per heavy atom. The van der Waals surface area contributed by atoms with Crippen LogP contribution in [0.4, 0.5) is 0 Å². The van der Waals surface area contributed by atoms with Crippen LogP contribution in [0.25, 0.3) is 0 Å². The lowest BCUT2D eigenvalue weighted by atomic mass is 10.2. The Bertz CT molecular complexity index is 172. The van der Waals surface area contributed by atoms with Crippen LogP contribution in [0.3, 0.4) is 0 Å². The molecule has 0 aromatic heterocycles. The first-order valence-corrected chi connectivity index (χ1v) is 3.31. The number of nitrogens with zero attached hydrogens (tertiary/aromatic N) is 1. The van der Waals surface area contributed by atoms with Crippen molar-refractivity contribution in [2.24, 2.45) is 0 Å². The molecule has 0 saturated heterocycles. The van der Waals surface area contributed by atoms with Crippen LogP contribution in [0.1, 0.15) is 6.42 Å². The Balaban J connectivity index is 2.49. The highest BCUT2D eigenvalue weighted by Gasteiger charge is 2.09. The smallest absolute Gasteiger partial charge is 0.246 e. The molecule has 0 saturated carbocycles. The molecule has 0 aliphatic carbocycles. The van der Waals surface area contributed by atoms with Crippen LogP contribution >= 0.6 is 0 Å². The molecule has 0 N–H and O–H groups in total. The predicted octanol–water partition coefficient (Wildman–Crippen LogP) is 0.764. The van der Waals surface area contributed by atoms with Gasteiger partial charge in [0.15, 0.2) is 0 Å². The van der Waals surface area contributed by atoms with E-state index in [1.165, 1.54) is 6.08 Å². The van der Waals surface area contributed by atoms with Crippen molar-refractivity contribution in [2.45, 2.75) is 6.42 Å². The van der Waals surface area contributed by atoms with E-state index in [4.69, 9.17) is 0 Å². The molecule has 0 spiro atoms. The number of carbonyl (C=O) groups is 1. The Kier molecular flexibility index (Phi) is 2.26. The summed E-state index contributed by atoms with van der Waals surface area (Å²) in [6, 6.07) is 0. The van der Waals surface area contributed by atoms with Crippen LogP contribution in [-0.2, 0) is 4.79 Å². The largest absolute Gasteiger partial charge is 0.335 e. The minimum atomic E-state index is 0.000556. The van der Waals surface area contributed by atoms with Crippen LogP contribution in [0.2, 0.25) is 0 Å². The average molecular weight is 136 g/mol. The predicted molar refractivity (Wildman–Crippen MR) is 39.2 cm³/mol. The molecule has 0 unspecified atom stereocenters. The van der Waals surface area contributed by atoms with E-state index in [-0.39, 0.29) is 5.91 Å². The summed E-state index contributed by atoms with van der Waals surface area (Å²) in [6.07, 6.45) is 7.20. The number of carbonyl (C=O) groups excluding carboxylic acids is 1. The summed E-state index contributed by atoms with van der Waals surface area (Å²) in [6.45, 7) is 4.83. The highest BCUT2D eigenvalue weighted by Crippen LogP contribution is 2.00. The van der Waals surface area contributed by atoms with E-state index in [1.807, 2.05) is 6.08 Å². The molecule has 1 radical (unpaired) electrons. The van der Waals surface area contributed by atoms with Gasteiger partial charge in [-0.3, -0.25) is 4.79 Å². The second-order valence-electron chi connectivity index (χ2n) is 2.16. The van der Waals surface area contributed by atoms with Gasteiger partial charge in [0.25, 0.3) is 0 Å². The summed E-state index contributed by atoms with van der Waals surface area (Å²) < 4.78 is 0. The zero-order valence-electron chi connectivity index (χ0n) is 5.84. The first-order valence-electron chi connectivity index (χ1n) is 3.31. The van der Waals surface area contributed by atoms with Crippen LogP contribution in [0, 0.1) is 6.08 Å². The molecule has 10 heavy (non-hydrogen) atoms. The fourth-order valence-electron chi connectivity index (χ4n) is 0.893. The van der Waals surface area contributed by atoms with Crippen molar-refractivity contribution in [2.75, 3.05) is 13.1 Å². The lowest BCUT2D eigenvalue weighted by molar-refractivity contribution is -0.125. The Morgan fingerprint density at radius 1 is 1.80 bits per heavy atom. The van der Waals surface area contributed by atoms with Crippen molar-refractivity contribution >= 4 is 5.91 Å². The highest BCUT2D eigenvalue weighted by atomic mass is 16.2. The minimum absolute atomic E-state index is 0.000556. The quantitative estimate of drug-likeness (QED) is 0.487. The zero-order valence-corrected chi connectivity index (χ0v) is 5.84. The zero-order chi connectivity index (χ0) is 7.40. The van der Waals surface area contributed by atoms with Gasteiger partial charge in [-0.2, -0.15) is 0 Å². The fourth-order valence-corrected chi connectivity index (χ4v) is 0.893. The lowest BCUT2D eigenvalue weighted by Gasteiger charge is -2.20. The average Bonchev–Trinajstić information content (AvgIpc) is 2.05. The summed E-state index contributed by atoms with van der Waals surface area (Å²) in [4.78, 5) is 12.6. The van der Waals surface area contributed by atoms with Gasteiger partial charge >= 0.3 is 0 Å². The molecule has 0 aromatic rings. The highest BCUT2D eigenvalue weighted by molar-refractivity contribution is 5.87. The van der Waals surface area contributed by atoms with Crippen molar-refractivity contribution in [1.82, 2.24) is 4.90 Å². The third-order valence-electron chi connectivity index (χ3n) is 1.46. The van der Waals surface area contributed by atoms with Crippen molar-refractivity contribution in [3.8, 4) is 0 Å². The van der Waals surface area contributed by atoms with Gasteiger partial charge in [-0.1, -0.05) is 12.7 Å². The standard InChI is InChI=1S/C8H10NO/c1-2-8(10)9-6-4-3-5-7-9/h2-3H,1,4,6-7H2. The monoisotopic (exact) mass is 136 g/mol. The van der Waals surface area contributed by atoms with E-state index in [0.717, 1.165) is 13.0 Å². The van der Waals surface area contributed by atoms with E-state index >= 15 is 0 Å². The SMILES string of the molecule is C=CC(=O)N1C[C]=CCC1. The molecule has 0 fully saturated rings. The summed E-state index contributed by atoms with van der Waals surface area (Å²) >= 11 is 0. The fraction of sp³-hybridized carbons (Fsp3) is 0.375. The number of hydrogen-bond acceptors (Lipinski definition) is 1. The van der Waals surface area contributed by atoms with Gasteiger partial charge in [-0.15, -0.1) is 0 Å². The lowest BCUT2D eigenvalue weighted by Crippen LogP contribution is -2.32. The second kappa shape index (κ2) is 3.20. The summed E-state index contributed by atoms with van der Waals surface area (Å²) in [5, 5.41) is 0. The van der Waals surface area contributed by atoms with E-state index in [1.54, 1.807) is 4.90 Å². The molecule has 2 heteroatoms. The Morgan fingerprint density at radius 3 is 3.10 bits per heavy atom. The van der Waals surface area contributed by atoms with E-state index in [2.05, 4.69) is 12.7 Å². The van der Waals surface area contributed by atoms with Gasteiger partial charge < -0.3 is 4.90 Å². The number of hydrogen-bond donors (Lipinski definition) is 0. The molecule has 0 atom stereocenters. The Hall–Kier alpha value is -1.05. The summed E-state index contributed by atoms with van der Waals surface area (Å²) in [5.74, 6) is 0.000556. The molecule has 2 nitrogen and oxygen atoms in total. The van der Waals surface area contributed by atoms with Crippen LogP contribution in [0.5, 0.6) is 0 Å². The summed E-state index contributed by atoms with van der Waals surface area (Å²) in [7, 11) is 0. The van der Waals surface area contributed by atoms with Gasteiger partial charge in [-0.25, -0.2) is 0 Å². The molecular formula is C8H10NO. The van der Waals surface area contributed by atoms with Crippen LogP contribution in [-0.4, -0.2) is 23.9 Å². The van der Waals surface area contributed by atoms with E-state index in [9.17, 15) is 4.79 Å². The number of rotatable bonds is 1. The minimum Gasteiger partial charge on any atom is -0.335 e. The van der Waals surface area contributed by atoms with Gasteiger partial charge in [-0.05, 0) is 18.6 Å². The Labute approximate surface area is 60.8 Å². The second-order valence-corrected chi connectivity index (χ2v) is 2.16. The van der Waals surface area contributed by atoms with Gasteiger partial charge in [0.05, 0.1) is 0 Å². The molecule has 1 heterocycles. The first kappa shape index (κ1) is 7.06. The molecule has 0 aromatic carbocycles. The maximum Gasteiger partial charge on any atom is 0.246 e. The molecular weight excluding hydrogens is 126 g/mol. The van der Waals surface area contributed by atoms with Gasteiger partial charge in [0, 0.05) is 13.1 Å². The molecule has 0 bridgehead atoms. The maximum absolute atomic E-state index is 10.9. The van der Waals surface area contributed by atoms with Crippen molar-refractivity contribution < 1.29 is 4.79 Å².